The number of rotatable bonds is 42. The molecule has 7 aromatic rings. The molecule has 0 heterocycles. The van der Waals surface area contributed by atoms with Crippen molar-refractivity contribution in [3.8, 4) is 0 Å². The van der Waals surface area contributed by atoms with Crippen molar-refractivity contribution >= 4 is 228 Å². The Morgan fingerprint density at radius 3 is 0.740 bits per heavy atom. The summed E-state index contributed by atoms with van der Waals surface area (Å²) in [5.74, 6) is 0. The topological polar surface area (TPSA) is 50.0 Å². The number of nitrogens with one attached hydrogen (secondary N) is 2. The van der Waals surface area contributed by atoms with E-state index >= 15 is 0 Å². The molecule has 720 valence electrons. The van der Waals surface area contributed by atoms with Crippen LogP contribution >= 0.6 is 171 Å². The van der Waals surface area contributed by atoms with Gasteiger partial charge in [0.15, 0.2) is 0 Å². The van der Waals surface area contributed by atoms with Crippen molar-refractivity contribution in [2.45, 2.75) is 336 Å². The molecule has 0 fully saturated rings. The van der Waals surface area contributed by atoms with Gasteiger partial charge in [-0.15, -0.1) is 0 Å². The highest BCUT2D eigenvalue weighted by atomic mass is 32.1. The Bertz CT molecular complexity index is 5020. The average molecular weight is 2000 g/mol. The molecule has 0 aromatic heterocycles. The molecule has 0 spiro atoms. The van der Waals surface area contributed by atoms with E-state index in [4.69, 9.17) is 171 Å². The molecule has 24 heteroatoms. The van der Waals surface area contributed by atoms with Gasteiger partial charge in [0.1, 0.15) is 0 Å². The average Bonchev–Trinajstić information content (AvgIpc) is 0.754. The first-order chi connectivity index (χ1) is 58.4. The monoisotopic (exact) mass is 2000 g/mol. The van der Waals surface area contributed by atoms with Crippen LogP contribution in [0.3, 0.4) is 0 Å². The van der Waals surface area contributed by atoms with Crippen LogP contribution in [0.1, 0.15) is 332 Å². The first kappa shape index (κ1) is 122. The van der Waals surface area contributed by atoms with Gasteiger partial charge in [-0.25, -0.2) is 0 Å². The van der Waals surface area contributed by atoms with Crippen LogP contribution in [0.25, 0.3) is 0 Å². The quantitative estimate of drug-likeness (QED) is 0.0282. The van der Waals surface area contributed by atoms with Gasteiger partial charge in [0, 0.05) is 121 Å². The molecule has 0 saturated heterocycles. The summed E-state index contributed by atoms with van der Waals surface area (Å²) in [6, 6.07) is 0. The minimum absolute atomic E-state index is 0.405. The highest BCUT2D eigenvalue weighted by molar-refractivity contribution is 7.76. The lowest BCUT2D eigenvalue weighted by atomic mass is 9.88. The SMILES string of the molecule is CCN(C)c1c(CCCC(C)(C)C)c(=S)c1=S.CCN(C)c1c(N(C)CCCCC(C)(C)C)c(=S)c1=S.CCN(CC)c1c(CCCC(C)(C)C)c(=S)c1=S.CCN(CC)c1c(N(C)CCCCC(C)(C)C)c(=S)c1=S.CCNc1c(CCCC(C)(C)C)c(=S)c1=S.CCNc1c(N(C)CCCCC(C)(C)C)c(=S)c1=S.CN(C)c1c(CCCC(C)(C)C)c(=S)c1=S. The van der Waals surface area contributed by atoms with E-state index in [1.807, 2.05) is 14.1 Å². The summed E-state index contributed by atoms with van der Waals surface area (Å²) in [7, 11) is 14.6. The third-order valence-corrected chi connectivity index (χ3v) is 29.9. The van der Waals surface area contributed by atoms with Crippen LogP contribution in [0, 0.1) is 101 Å². The fraction of sp³-hybridized carbons (Fsp3) is 0.728. The summed E-state index contributed by atoms with van der Waals surface area (Å²) in [6.45, 7) is 76.1. The molecular weight excluding hydrogens is 1830 g/mol. The molecule has 127 heavy (non-hydrogen) atoms. The molecule has 0 radical (unpaired) electrons. The maximum absolute atomic E-state index is 5.47. The van der Waals surface area contributed by atoms with E-state index < -0.39 is 0 Å². The summed E-state index contributed by atoms with van der Waals surface area (Å²) in [5.41, 5.74) is 19.9. The Balaban J connectivity index is 0.000000742. The molecule has 0 saturated carbocycles. The zero-order valence-electron chi connectivity index (χ0n) is 86.4. The zero-order chi connectivity index (χ0) is 98.3. The molecule has 0 aliphatic heterocycles. The second-order valence-electron chi connectivity index (χ2n) is 43.4. The fourth-order valence-electron chi connectivity index (χ4n) is 15.3. The van der Waals surface area contributed by atoms with Crippen LogP contribution in [0.15, 0.2) is 0 Å². The molecule has 0 aliphatic rings. The molecule has 0 atom stereocenters. The minimum Gasteiger partial charge on any atom is -0.384 e. The first-order valence-corrected chi connectivity index (χ1v) is 53.1. The lowest BCUT2D eigenvalue weighted by Gasteiger charge is -2.32. The van der Waals surface area contributed by atoms with E-state index in [1.54, 1.807) is 0 Å². The molecule has 7 aromatic carbocycles. The summed E-state index contributed by atoms with van der Waals surface area (Å²) < 4.78 is 12.4. The van der Waals surface area contributed by atoms with E-state index in [-0.39, 0.29) is 0 Å². The van der Waals surface area contributed by atoms with Crippen molar-refractivity contribution in [3.05, 3.63) is 85.4 Å². The van der Waals surface area contributed by atoms with Crippen molar-refractivity contribution in [2.24, 2.45) is 37.9 Å². The van der Waals surface area contributed by atoms with Crippen molar-refractivity contribution in [2.75, 3.05) is 171 Å². The molecule has 0 aliphatic carbocycles. The van der Waals surface area contributed by atoms with E-state index in [0.29, 0.717) is 37.9 Å². The lowest BCUT2D eigenvalue weighted by molar-refractivity contribution is 0.361. The highest BCUT2D eigenvalue weighted by Crippen LogP contribution is 2.43. The van der Waals surface area contributed by atoms with Crippen molar-refractivity contribution in [1.82, 2.24) is 0 Å². The maximum atomic E-state index is 5.47. The number of nitrogens with zero attached hydrogens (tertiary/aromatic N) is 8. The van der Waals surface area contributed by atoms with Crippen LogP contribution in [0.4, 0.5) is 56.9 Å². The van der Waals surface area contributed by atoms with Gasteiger partial charge in [-0.1, -0.05) is 336 Å². The number of unbranched alkanes of at least 4 members (excludes halogenated alkanes) is 3. The summed E-state index contributed by atoms with van der Waals surface area (Å²) in [5, 5.41) is 6.63. The second-order valence-corrected chi connectivity index (χ2v) is 49.1. The predicted molar refractivity (Wildman–Crippen MR) is 610 cm³/mol. The van der Waals surface area contributed by atoms with Crippen LogP contribution in [0.5, 0.6) is 0 Å². The van der Waals surface area contributed by atoms with Gasteiger partial charge in [0.2, 0.25) is 0 Å². The van der Waals surface area contributed by atoms with Gasteiger partial charge in [0.05, 0.1) is 120 Å². The lowest BCUT2D eigenvalue weighted by Crippen LogP contribution is -2.29. The van der Waals surface area contributed by atoms with E-state index in [1.165, 1.54) is 166 Å². The first-order valence-electron chi connectivity index (χ1n) is 47.4. The molecule has 2 N–H and O–H groups in total. The van der Waals surface area contributed by atoms with Crippen LogP contribution in [0.2, 0.25) is 0 Å². The molecular formula is C103H174N10S14. The van der Waals surface area contributed by atoms with Crippen molar-refractivity contribution < 1.29 is 0 Å². The molecule has 10 nitrogen and oxygen atoms in total. The molecule has 0 bridgehead atoms. The molecule has 0 unspecified atom stereocenters. The normalized spacial score (nSPS) is 12.0. The summed E-state index contributed by atoms with van der Waals surface area (Å²) >= 11 is 74.9. The standard InChI is InChI=1S/C17H30N2S2.C16H28N2S2.C15H26N2S2.C15H25NS2.C14H23NS2.2C13H21NS2/c1-7-19(8-2)14-13(15(20)16(14)21)18(6)12-10-9-11-17(3,4)5;1-7-17(5)12-13(15(20)14(12)19)18(6)11-9-8-10-16(2,3)4;1-6-16-11-12(14(19)13(11)18)17(5)10-8-7-9-15(2,3)4;1-6-16(7-2)12-11(13(17)14(12)18)9-8-10-15(3,4)5;1-6-15(5)11-10(12(16)13(11)17)8-7-9-14(2,3)4;1-13(2,3)8-6-7-9-10(14(4)5)12(16)11(9)15;1-5-14-10-9(11(15)12(10)16)7-6-8-13(2,3)4/h7-12H2,1-6H3;7-11H2,1-6H3;16H,6-10H2,1-5H3;6-10H2,1-5H3;6-9H2,1-5H3;6-8H2,1-5H3;14H,5-8H2,1-4H3. The van der Waals surface area contributed by atoms with Gasteiger partial charge in [-0.3, -0.25) is 0 Å². The maximum Gasteiger partial charge on any atom is 0.0835 e. The number of hydrogen-bond acceptors (Lipinski definition) is 24. The predicted octanol–water partition coefficient (Wildman–Crippen LogP) is 35.1. The van der Waals surface area contributed by atoms with Crippen LogP contribution in [-0.2, 0) is 25.7 Å². The van der Waals surface area contributed by atoms with E-state index in [2.05, 4.69) is 286 Å². The summed E-state index contributed by atoms with van der Waals surface area (Å²) in [6.07, 6.45) is 25.2. The Hall–Kier alpha value is -2.56. The third-order valence-electron chi connectivity index (χ3n) is 23.2. The van der Waals surface area contributed by atoms with Crippen LogP contribution in [-0.4, -0.2) is 121 Å². The van der Waals surface area contributed by atoms with Crippen molar-refractivity contribution in [3.63, 3.8) is 0 Å². The van der Waals surface area contributed by atoms with Gasteiger partial charge < -0.3 is 49.8 Å². The van der Waals surface area contributed by atoms with Gasteiger partial charge in [-0.05, 0) is 231 Å². The van der Waals surface area contributed by atoms with Gasteiger partial charge in [-0.2, -0.15) is 0 Å². The largest absolute Gasteiger partial charge is 0.384 e. The second kappa shape index (κ2) is 56.2. The number of hydrogen-bond donors (Lipinski definition) is 2. The van der Waals surface area contributed by atoms with E-state index in [0.717, 1.165) is 184 Å². The Morgan fingerprint density at radius 1 is 0.205 bits per heavy atom. The Labute approximate surface area is 849 Å². The third kappa shape index (κ3) is 40.7. The molecule has 7 rings (SSSR count). The van der Waals surface area contributed by atoms with Gasteiger partial charge >= 0.3 is 0 Å². The van der Waals surface area contributed by atoms with Gasteiger partial charge in [0.25, 0.3) is 0 Å². The smallest absolute Gasteiger partial charge is 0.0835 e. The molecule has 0 amide bonds. The summed E-state index contributed by atoms with van der Waals surface area (Å²) in [4.78, 5) is 18.0. The van der Waals surface area contributed by atoms with Crippen molar-refractivity contribution in [1.29, 1.82) is 0 Å². The van der Waals surface area contributed by atoms with Crippen LogP contribution < -0.4 is 49.8 Å². The highest BCUT2D eigenvalue weighted by Gasteiger charge is 2.27. The minimum atomic E-state index is 0.405. The number of anilines is 10. The van der Waals surface area contributed by atoms with E-state index in [9.17, 15) is 0 Å². The zero-order valence-corrected chi connectivity index (χ0v) is 97.9. The Kier molecular flexibility index (Phi) is 54.2. The Morgan fingerprint density at radius 2 is 0.425 bits per heavy atom. The fourth-order valence-corrected chi connectivity index (χ4v) is 20.0.